The molecule has 0 unspecified atom stereocenters. The number of esters is 1. The van der Waals surface area contributed by atoms with E-state index in [-0.39, 0.29) is 10.6 Å². The van der Waals surface area contributed by atoms with Crippen molar-refractivity contribution in [3.63, 3.8) is 0 Å². The van der Waals surface area contributed by atoms with E-state index in [1.54, 1.807) is 23.1 Å². The number of hydrogen-bond donors (Lipinski definition) is 1. The maximum absolute atomic E-state index is 12.9. The second-order valence-electron chi connectivity index (χ2n) is 4.68. The van der Waals surface area contributed by atoms with Gasteiger partial charge < -0.3 is 10.1 Å². The lowest BCUT2D eigenvalue weighted by Crippen LogP contribution is -2.30. The quantitative estimate of drug-likeness (QED) is 0.553. The van der Waals surface area contributed by atoms with Gasteiger partial charge in [0.1, 0.15) is 5.82 Å². The van der Waals surface area contributed by atoms with Gasteiger partial charge >= 0.3 is 5.97 Å². The molecule has 128 valence electrons. The molecule has 1 N–H and O–H groups in total. The van der Waals surface area contributed by atoms with Gasteiger partial charge in [0.2, 0.25) is 0 Å². The normalized spacial score (nSPS) is 10.4. The van der Waals surface area contributed by atoms with Crippen molar-refractivity contribution >= 4 is 46.6 Å². The molecule has 0 radical (unpaired) electrons. The Kier molecular flexibility index (Phi) is 7.55. The lowest BCUT2D eigenvalue weighted by molar-refractivity contribution is -0.124. The van der Waals surface area contributed by atoms with Gasteiger partial charge in [0.15, 0.2) is 6.61 Å². The smallest absolute Gasteiger partial charge is 0.340 e. The summed E-state index contributed by atoms with van der Waals surface area (Å²) in [6.45, 7) is 0.0891. The van der Waals surface area contributed by atoms with Gasteiger partial charge in [-0.2, -0.15) is 11.8 Å². The molecule has 8 heteroatoms. The Hall–Kier alpha value is -1.57. The zero-order chi connectivity index (χ0) is 17.4. The van der Waals surface area contributed by atoms with Gasteiger partial charge in [-0.05, 0) is 29.6 Å². The molecule has 0 fully saturated rings. The lowest BCUT2D eigenvalue weighted by Gasteiger charge is -2.07. The molecule has 0 aliphatic rings. The third kappa shape index (κ3) is 6.14. The molecule has 2 rings (SSSR count). The molecule has 0 saturated heterocycles. The molecule has 2 aromatic rings. The molecule has 0 aliphatic heterocycles. The van der Waals surface area contributed by atoms with Gasteiger partial charge in [0, 0.05) is 22.9 Å². The first-order chi connectivity index (χ1) is 11.6. The van der Waals surface area contributed by atoms with Crippen molar-refractivity contribution < 1.29 is 18.7 Å². The number of carbonyl (C=O) groups excluding carboxylic acids is 2. The summed E-state index contributed by atoms with van der Waals surface area (Å²) in [5.74, 6) is -0.0256. The van der Waals surface area contributed by atoms with Crippen LogP contribution >= 0.6 is 34.7 Å². The molecular formula is C16H15ClFNO3S2. The van der Waals surface area contributed by atoms with Gasteiger partial charge in [-0.25, -0.2) is 9.18 Å². The van der Waals surface area contributed by atoms with E-state index < -0.39 is 24.3 Å². The summed E-state index contributed by atoms with van der Waals surface area (Å²) in [6, 6.07) is 7.41. The monoisotopic (exact) mass is 387 g/mol. The number of halogens is 2. The fourth-order valence-electron chi connectivity index (χ4n) is 1.74. The van der Waals surface area contributed by atoms with E-state index in [9.17, 15) is 14.0 Å². The van der Waals surface area contributed by atoms with Crippen molar-refractivity contribution in [3.05, 3.63) is 57.0 Å². The molecule has 1 amide bonds. The van der Waals surface area contributed by atoms with Crippen molar-refractivity contribution in [1.29, 1.82) is 0 Å². The lowest BCUT2D eigenvalue weighted by atomic mass is 10.2. The van der Waals surface area contributed by atoms with E-state index in [2.05, 4.69) is 11.4 Å². The number of nitrogens with one attached hydrogen (secondary N) is 1. The number of ether oxygens (including phenoxy) is 1. The highest BCUT2D eigenvalue weighted by atomic mass is 35.5. The Bertz CT molecular complexity index is 695. The van der Waals surface area contributed by atoms with Crippen molar-refractivity contribution in [2.75, 3.05) is 18.9 Å². The van der Waals surface area contributed by atoms with Crippen LogP contribution in [0.1, 0.15) is 15.2 Å². The van der Waals surface area contributed by atoms with E-state index in [0.29, 0.717) is 6.54 Å². The van der Waals surface area contributed by atoms with E-state index >= 15 is 0 Å². The topological polar surface area (TPSA) is 55.4 Å². The SMILES string of the molecule is O=C(COC(=O)c1ccc(F)cc1Cl)NCCSCc1cccs1. The molecule has 0 atom stereocenters. The van der Waals surface area contributed by atoms with Crippen molar-refractivity contribution in [1.82, 2.24) is 5.32 Å². The maximum Gasteiger partial charge on any atom is 0.340 e. The summed E-state index contributed by atoms with van der Waals surface area (Å²) in [5.41, 5.74) is 0.0253. The standard InChI is InChI=1S/C16H15ClFNO3S2/c17-14-8-11(18)3-4-13(14)16(21)22-9-15(20)19-5-7-23-10-12-2-1-6-24-12/h1-4,6,8H,5,7,9-10H2,(H,19,20). The highest BCUT2D eigenvalue weighted by Gasteiger charge is 2.14. The molecular weight excluding hydrogens is 373 g/mol. The molecule has 1 heterocycles. The van der Waals surface area contributed by atoms with Crippen LogP contribution in [0.3, 0.4) is 0 Å². The van der Waals surface area contributed by atoms with Crippen molar-refractivity contribution in [3.8, 4) is 0 Å². The summed E-state index contributed by atoms with van der Waals surface area (Å²) in [7, 11) is 0. The molecule has 0 saturated carbocycles. The van der Waals surface area contributed by atoms with Crippen LogP contribution in [0.5, 0.6) is 0 Å². The molecule has 4 nitrogen and oxygen atoms in total. The van der Waals surface area contributed by atoms with Gasteiger partial charge in [0.25, 0.3) is 5.91 Å². The summed E-state index contributed by atoms with van der Waals surface area (Å²) in [5, 5.41) is 4.64. The highest BCUT2D eigenvalue weighted by Crippen LogP contribution is 2.18. The summed E-state index contributed by atoms with van der Waals surface area (Å²) < 4.78 is 17.8. The Morgan fingerprint density at radius 2 is 2.17 bits per heavy atom. The van der Waals surface area contributed by atoms with E-state index in [1.165, 1.54) is 10.9 Å². The minimum absolute atomic E-state index is 0.0253. The van der Waals surface area contributed by atoms with Gasteiger partial charge in [-0.3, -0.25) is 4.79 Å². The maximum atomic E-state index is 12.9. The van der Waals surface area contributed by atoms with Crippen LogP contribution in [0.25, 0.3) is 0 Å². The average Bonchev–Trinajstić information content (AvgIpc) is 3.05. The third-order valence-corrected chi connectivity index (χ3v) is 5.26. The number of rotatable bonds is 8. The van der Waals surface area contributed by atoms with E-state index in [1.807, 2.05) is 11.4 Å². The predicted octanol–water partition coefficient (Wildman–Crippen LogP) is 3.75. The van der Waals surface area contributed by atoms with E-state index in [0.717, 1.165) is 23.6 Å². The molecule has 0 spiro atoms. The van der Waals surface area contributed by atoms with Crippen LogP contribution < -0.4 is 5.32 Å². The minimum atomic E-state index is -0.762. The van der Waals surface area contributed by atoms with Crippen molar-refractivity contribution in [2.45, 2.75) is 5.75 Å². The van der Waals surface area contributed by atoms with Gasteiger partial charge in [-0.15, -0.1) is 11.3 Å². The highest BCUT2D eigenvalue weighted by molar-refractivity contribution is 7.98. The second kappa shape index (κ2) is 9.66. The molecule has 1 aromatic heterocycles. The summed E-state index contributed by atoms with van der Waals surface area (Å²) in [6.07, 6.45) is 0. The van der Waals surface area contributed by atoms with Crippen LogP contribution in [0.4, 0.5) is 4.39 Å². The van der Waals surface area contributed by atoms with Gasteiger partial charge in [-0.1, -0.05) is 17.7 Å². The Morgan fingerprint density at radius 3 is 2.88 bits per heavy atom. The fraction of sp³-hybridized carbons (Fsp3) is 0.250. The molecule has 0 bridgehead atoms. The van der Waals surface area contributed by atoms with Gasteiger partial charge in [0.05, 0.1) is 10.6 Å². The Labute approximate surface area is 152 Å². The van der Waals surface area contributed by atoms with E-state index in [4.69, 9.17) is 16.3 Å². The number of carbonyl (C=O) groups is 2. The van der Waals surface area contributed by atoms with Crippen LogP contribution in [0.15, 0.2) is 35.7 Å². The zero-order valence-corrected chi connectivity index (χ0v) is 15.0. The van der Waals surface area contributed by atoms with Crippen LogP contribution in [-0.4, -0.2) is 30.8 Å². The first-order valence-corrected chi connectivity index (χ1v) is 9.46. The molecule has 0 aliphatic carbocycles. The minimum Gasteiger partial charge on any atom is -0.452 e. The number of amides is 1. The Balaban J connectivity index is 1.62. The van der Waals surface area contributed by atoms with Crippen LogP contribution in [0.2, 0.25) is 5.02 Å². The first-order valence-electron chi connectivity index (χ1n) is 7.05. The first kappa shape index (κ1) is 18.8. The predicted molar refractivity (Wildman–Crippen MR) is 95.2 cm³/mol. The molecule has 1 aromatic carbocycles. The Morgan fingerprint density at radius 1 is 1.33 bits per heavy atom. The largest absolute Gasteiger partial charge is 0.452 e. The number of thioether (sulfide) groups is 1. The average molecular weight is 388 g/mol. The number of benzene rings is 1. The van der Waals surface area contributed by atoms with Crippen LogP contribution in [-0.2, 0) is 15.3 Å². The zero-order valence-electron chi connectivity index (χ0n) is 12.6. The number of hydrogen-bond acceptors (Lipinski definition) is 5. The number of thiophene rings is 1. The summed E-state index contributed by atoms with van der Waals surface area (Å²) >= 11 is 9.17. The molecule has 24 heavy (non-hydrogen) atoms. The second-order valence-corrected chi connectivity index (χ2v) is 7.23. The summed E-state index contributed by atoms with van der Waals surface area (Å²) in [4.78, 5) is 24.7. The fourth-order valence-corrected chi connectivity index (χ4v) is 3.69. The third-order valence-electron chi connectivity index (χ3n) is 2.88. The van der Waals surface area contributed by atoms with Crippen LogP contribution in [0, 0.1) is 5.82 Å². The van der Waals surface area contributed by atoms with Crippen molar-refractivity contribution in [2.24, 2.45) is 0 Å².